The molecule has 3 aromatic rings. The minimum absolute atomic E-state index is 0.207. The molecule has 6 heteroatoms. The number of nitrogens with zero attached hydrogens (tertiary/aromatic N) is 3. The van der Waals surface area contributed by atoms with Crippen molar-refractivity contribution in [2.24, 2.45) is 7.05 Å². The number of hydrogen-bond donors (Lipinski definition) is 1. The van der Waals surface area contributed by atoms with Crippen molar-refractivity contribution in [2.75, 3.05) is 13.1 Å². The van der Waals surface area contributed by atoms with E-state index in [1.165, 1.54) is 17.7 Å². The molecule has 1 aromatic heterocycles. The molecule has 4 rings (SSSR count). The van der Waals surface area contributed by atoms with Gasteiger partial charge < -0.3 is 10.0 Å². The van der Waals surface area contributed by atoms with Gasteiger partial charge in [-0.2, -0.15) is 5.10 Å². The standard InChI is InChI=1S/C21H20FN3O2/c1-24-20(14-5-3-2-4-6-14)16-9-11-25(12-10-18(16)23-24)21(27)15-7-8-17(22)19(26)13-15/h2-8,13,26H,9-12H2,1H3. The number of carbonyl (C=O) groups excluding carboxylic acids is 1. The Bertz CT molecular complexity index is 998. The zero-order chi connectivity index (χ0) is 19.0. The quantitative estimate of drug-likeness (QED) is 0.759. The fraction of sp³-hybridized carbons (Fsp3) is 0.238. The molecule has 1 amide bonds. The number of carbonyl (C=O) groups is 1. The second-order valence-corrected chi connectivity index (χ2v) is 6.72. The summed E-state index contributed by atoms with van der Waals surface area (Å²) in [5.74, 6) is -1.44. The van der Waals surface area contributed by atoms with Crippen molar-refractivity contribution in [3.8, 4) is 17.0 Å². The van der Waals surface area contributed by atoms with E-state index in [2.05, 4.69) is 17.2 Å². The second-order valence-electron chi connectivity index (χ2n) is 6.72. The molecule has 0 saturated heterocycles. The molecule has 0 radical (unpaired) electrons. The second kappa shape index (κ2) is 6.87. The van der Waals surface area contributed by atoms with Gasteiger partial charge in [0.2, 0.25) is 0 Å². The predicted molar refractivity (Wildman–Crippen MR) is 100 cm³/mol. The molecule has 0 fully saturated rings. The number of aromatic hydroxyl groups is 1. The summed E-state index contributed by atoms with van der Waals surface area (Å²) < 4.78 is 15.2. The molecule has 0 spiro atoms. The van der Waals surface area contributed by atoms with Gasteiger partial charge in [-0.25, -0.2) is 4.39 Å². The van der Waals surface area contributed by atoms with Crippen LogP contribution in [0.25, 0.3) is 11.3 Å². The van der Waals surface area contributed by atoms with Crippen molar-refractivity contribution < 1.29 is 14.3 Å². The molecule has 5 nitrogen and oxygen atoms in total. The Balaban J connectivity index is 1.60. The highest BCUT2D eigenvalue weighted by molar-refractivity contribution is 5.94. The largest absolute Gasteiger partial charge is 0.505 e. The van der Waals surface area contributed by atoms with Gasteiger partial charge in [-0.1, -0.05) is 30.3 Å². The summed E-state index contributed by atoms with van der Waals surface area (Å²) >= 11 is 0. The summed E-state index contributed by atoms with van der Waals surface area (Å²) in [5, 5.41) is 14.2. The third kappa shape index (κ3) is 3.18. The van der Waals surface area contributed by atoms with Crippen LogP contribution in [0.5, 0.6) is 5.75 Å². The fourth-order valence-electron chi connectivity index (χ4n) is 3.67. The summed E-state index contributed by atoms with van der Waals surface area (Å²) in [5.41, 5.74) is 4.66. The molecule has 1 aliphatic heterocycles. The summed E-state index contributed by atoms with van der Waals surface area (Å²) in [7, 11) is 1.95. The van der Waals surface area contributed by atoms with E-state index < -0.39 is 11.6 Å². The number of hydrogen-bond acceptors (Lipinski definition) is 3. The molecule has 27 heavy (non-hydrogen) atoms. The summed E-state index contributed by atoms with van der Waals surface area (Å²) in [6.45, 7) is 1.09. The van der Waals surface area contributed by atoms with Crippen molar-refractivity contribution >= 4 is 5.91 Å². The first-order chi connectivity index (χ1) is 13.0. The molecule has 1 N–H and O–H groups in total. The van der Waals surface area contributed by atoms with Crippen molar-refractivity contribution in [1.82, 2.24) is 14.7 Å². The predicted octanol–water partition coefficient (Wildman–Crippen LogP) is 3.17. The number of fused-ring (bicyclic) bond motifs is 1. The van der Waals surface area contributed by atoms with Gasteiger partial charge in [-0.15, -0.1) is 0 Å². The number of phenols is 1. The van der Waals surface area contributed by atoms with Crippen LogP contribution in [0.4, 0.5) is 4.39 Å². The number of aromatic nitrogens is 2. The first kappa shape index (κ1) is 17.3. The van der Waals surface area contributed by atoms with E-state index >= 15 is 0 Å². The Labute approximate surface area is 156 Å². The van der Waals surface area contributed by atoms with Gasteiger partial charge in [0, 0.05) is 43.2 Å². The summed E-state index contributed by atoms with van der Waals surface area (Å²) in [6, 6.07) is 13.8. The lowest BCUT2D eigenvalue weighted by Gasteiger charge is -2.20. The molecule has 0 atom stereocenters. The van der Waals surface area contributed by atoms with Crippen LogP contribution in [0.15, 0.2) is 48.5 Å². The molecular weight excluding hydrogens is 345 g/mol. The third-order valence-corrected chi connectivity index (χ3v) is 5.01. The minimum atomic E-state index is -0.730. The summed E-state index contributed by atoms with van der Waals surface area (Å²) in [6.07, 6.45) is 1.36. The molecule has 0 saturated carbocycles. The zero-order valence-electron chi connectivity index (χ0n) is 15.0. The number of rotatable bonds is 2. The normalized spacial score (nSPS) is 13.9. The Morgan fingerprint density at radius 1 is 1.11 bits per heavy atom. The number of aryl methyl sites for hydroxylation is 1. The zero-order valence-corrected chi connectivity index (χ0v) is 15.0. The lowest BCUT2D eigenvalue weighted by atomic mass is 10.0. The van der Waals surface area contributed by atoms with Crippen molar-refractivity contribution in [3.63, 3.8) is 0 Å². The van der Waals surface area contributed by atoms with E-state index in [1.54, 1.807) is 4.90 Å². The van der Waals surface area contributed by atoms with Crippen LogP contribution < -0.4 is 0 Å². The van der Waals surface area contributed by atoms with Crippen LogP contribution in [0.3, 0.4) is 0 Å². The first-order valence-electron chi connectivity index (χ1n) is 8.92. The van der Waals surface area contributed by atoms with Crippen LogP contribution >= 0.6 is 0 Å². The highest BCUT2D eigenvalue weighted by atomic mass is 19.1. The maximum absolute atomic E-state index is 13.3. The SMILES string of the molecule is Cn1nc2c(c1-c1ccccc1)CCN(C(=O)c1ccc(F)c(O)c1)CC2. The van der Waals surface area contributed by atoms with Crippen molar-refractivity contribution in [1.29, 1.82) is 0 Å². The van der Waals surface area contributed by atoms with E-state index in [0.29, 0.717) is 25.9 Å². The average molecular weight is 365 g/mol. The molecule has 1 aliphatic rings. The van der Waals surface area contributed by atoms with Crippen LogP contribution in [0.1, 0.15) is 21.6 Å². The van der Waals surface area contributed by atoms with Gasteiger partial charge in [-0.3, -0.25) is 9.48 Å². The van der Waals surface area contributed by atoms with Crippen LogP contribution in [0.2, 0.25) is 0 Å². The fourth-order valence-corrected chi connectivity index (χ4v) is 3.67. The van der Waals surface area contributed by atoms with Crippen molar-refractivity contribution in [2.45, 2.75) is 12.8 Å². The molecule has 0 aliphatic carbocycles. The van der Waals surface area contributed by atoms with Gasteiger partial charge in [-0.05, 0) is 24.6 Å². The Kier molecular flexibility index (Phi) is 4.39. The average Bonchev–Trinajstić information content (AvgIpc) is 2.85. The Morgan fingerprint density at radius 3 is 2.59 bits per heavy atom. The lowest BCUT2D eigenvalue weighted by Crippen LogP contribution is -2.33. The van der Waals surface area contributed by atoms with Crippen molar-refractivity contribution in [3.05, 3.63) is 71.2 Å². The highest BCUT2D eigenvalue weighted by Crippen LogP contribution is 2.29. The molecule has 138 valence electrons. The number of amides is 1. The topological polar surface area (TPSA) is 58.4 Å². The van der Waals surface area contributed by atoms with E-state index in [0.717, 1.165) is 23.0 Å². The first-order valence-corrected chi connectivity index (χ1v) is 8.92. The molecule has 0 bridgehead atoms. The lowest BCUT2D eigenvalue weighted by molar-refractivity contribution is 0.0762. The minimum Gasteiger partial charge on any atom is -0.505 e. The number of halogens is 1. The van der Waals surface area contributed by atoms with Gasteiger partial charge in [0.1, 0.15) is 0 Å². The molecule has 2 heterocycles. The van der Waals surface area contributed by atoms with Crippen LogP contribution in [-0.2, 0) is 19.9 Å². The van der Waals surface area contributed by atoms with Gasteiger partial charge in [0.15, 0.2) is 11.6 Å². The maximum Gasteiger partial charge on any atom is 0.254 e. The Morgan fingerprint density at radius 2 is 1.85 bits per heavy atom. The maximum atomic E-state index is 13.3. The molecular formula is C21H20FN3O2. The molecule has 2 aromatic carbocycles. The van der Waals surface area contributed by atoms with E-state index in [4.69, 9.17) is 0 Å². The van der Waals surface area contributed by atoms with E-state index in [-0.39, 0.29) is 11.5 Å². The smallest absolute Gasteiger partial charge is 0.254 e. The summed E-state index contributed by atoms with van der Waals surface area (Å²) in [4.78, 5) is 14.5. The van der Waals surface area contributed by atoms with Gasteiger partial charge in [0.05, 0.1) is 11.4 Å². The van der Waals surface area contributed by atoms with E-state index in [9.17, 15) is 14.3 Å². The third-order valence-electron chi connectivity index (χ3n) is 5.01. The molecule has 0 unspecified atom stereocenters. The monoisotopic (exact) mass is 365 g/mol. The highest BCUT2D eigenvalue weighted by Gasteiger charge is 2.25. The van der Waals surface area contributed by atoms with Crippen LogP contribution in [0, 0.1) is 5.82 Å². The van der Waals surface area contributed by atoms with Gasteiger partial charge >= 0.3 is 0 Å². The number of phenolic OH excluding ortho intramolecular Hbond substituents is 1. The van der Waals surface area contributed by atoms with E-state index in [1.807, 2.05) is 29.9 Å². The van der Waals surface area contributed by atoms with Gasteiger partial charge in [0.25, 0.3) is 5.91 Å². The number of benzene rings is 2. The van der Waals surface area contributed by atoms with Crippen LogP contribution in [-0.4, -0.2) is 38.8 Å². The Hall–Kier alpha value is -3.15.